The van der Waals surface area contributed by atoms with Gasteiger partial charge in [0, 0.05) is 13.0 Å². The number of benzene rings is 1. The van der Waals surface area contributed by atoms with E-state index < -0.39 is 0 Å². The van der Waals surface area contributed by atoms with Crippen molar-refractivity contribution in [2.24, 2.45) is 0 Å². The first-order valence-electron chi connectivity index (χ1n) is 6.32. The first-order valence-corrected chi connectivity index (χ1v) is 7.07. The summed E-state index contributed by atoms with van der Waals surface area (Å²) in [5.41, 5.74) is 0.700. The van der Waals surface area contributed by atoms with E-state index in [-0.39, 0.29) is 0 Å². The normalized spacial score (nSPS) is 10.9. The molecule has 2 rings (SSSR count). The maximum atomic E-state index is 6.13. The highest BCUT2D eigenvalue weighted by Crippen LogP contribution is 2.34. The van der Waals surface area contributed by atoms with Crippen LogP contribution in [0.2, 0.25) is 10.0 Å². The second kappa shape index (κ2) is 6.94. The van der Waals surface area contributed by atoms with Gasteiger partial charge in [0.25, 0.3) is 0 Å². The molecular formula is C14H16Cl2N2O. The van der Waals surface area contributed by atoms with Gasteiger partial charge >= 0.3 is 0 Å². The van der Waals surface area contributed by atoms with Crippen molar-refractivity contribution in [1.29, 1.82) is 0 Å². The molecule has 0 saturated heterocycles. The van der Waals surface area contributed by atoms with E-state index in [1.807, 2.05) is 0 Å². The first-order chi connectivity index (χ1) is 9.22. The molecule has 0 amide bonds. The predicted octanol–water partition coefficient (Wildman–Crippen LogP) is 4.19. The number of halogens is 2. The van der Waals surface area contributed by atoms with Crippen LogP contribution < -0.4 is 5.32 Å². The number of aromatic nitrogens is 1. The summed E-state index contributed by atoms with van der Waals surface area (Å²) >= 11 is 12.3. The molecule has 1 N–H and O–H groups in total. The van der Waals surface area contributed by atoms with Crippen LogP contribution in [0.4, 0.5) is 0 Å². The number of rotatable bonds is 6. The fourth-order valence-corrected chi connectivity index (χ4v) is 2.36. The Morgan fingerprint density at radius 3 is 2.63 bits per heavy atom. The van der Waals surface area contributed by atoms with E-state index in [0.717, 1.165) is 25.9 Å². The highest BCUT2D eigenvalue weighted by atomic mass is 35.5. The Kier molecular flexibility index (Phi) is 5.25. The molecule has 0 unspecified atom stereocenters. The van der Waals surface area contributed by atoms with Gasteiger partial charge in [-0.15, -0.1) is 0 Å². The summed E-state index contributed by atoms with van der Waals surface area (Å²) in [6.45, 7) is 3.99. The molecule has 0 radical (unpaired) electrons. The zero-order valence-electron chi connectivity index (χ0n) is 10.7. The van der Waals surface area contributed by atoms with E-state index in [1.54, 1.807) is 24.4 Å². The highest BCUT2D eigenvalue weighted by molar-refractivity contribution is 6.39. The monoisotopic (exact) mass is 298 g/mol. The summed E-state index contributed by atoms with van der Waals surface area (Å²) < 4.78 is 5.69. The number of hydrogen-bond acceptors (Lipinski definition) is 3. The molecular weight excluding hydrogens is 283 g/mol. The van der Waals surface area contributed by atoms with Gasteiger partial charge in [-0.25, -0.2) is 4.98 Å². The summed E-state index contributed by atoms with van der Waals surface area (Å²) in [7, 11) is 0. The van der Waals surface area contributed by atoms with E-state index in [0.29, 0.717) is 27.3 Å². The van der Waals surface area contributed by atoms with Gasteiger partial charge in [-0.3, -0.25) is 0 Å². The molecule has 1 heterocycles. The van der Waals surface area contributed by atoms with E-state index in [2.05, 4.69) is 17.2 Å². The van der Waals surface area contributed by atoms with Crippen LogP contribution in [-0.4, -0.2) is 18.1 Å². The second-order valence-corrected chi connectivity index (χ2v) is 5.03. The maximum absolute atomic E-state index is 6.13. The van der Waals surface area contributed by atoms with Crippen molar-refractivity contribution in [3.63, 3.8) is 0 Å². The van der Waals surface area contributed by atoms with Crippen LogP contribution in [0.25, 0.3) is 11.3 Å². The minimum Gasteiger partial charge on any atom is -0.441 e. The SMILES string of the molecule is CCCNCCc1ncc(-c2c(Cl)cccc2Cl)o1. The van der Waals surface area contributed by atoms with Crippen molar-refractivity contribution >= 4 is 23.2 Å². The molecule has 0 saturated carbocycles. The molecule has 102 valence electrons. The fraction of sp³-hybridized carbons (Fsp3) is 0.357. The van der Waals surface area contributed by atoms with Crippen LogP contribution in [0, 0.1) is 0 Å². The largest absolute Gasteiger partial charge is 0.441 e. The van der Waals surface area contributed by atoms with E-state index in [9.17, 15) is 0 Å². The Hall–Kier alpha value is -1.03. The molecule has 5 heteroatoms. The van der Waals surface area contributed by atoms with Crippen molar-refractivity contribution < 1.29 is 4.42 Å². The zero-order valence-corrected chi connectivity index (χ0v) is 12.3. The van der Waals surface area contributed by atoms with Crippen molar-refractivity contribution in [2.75, 3.05) is 13.1 Å². The van der Waals surface area contributed by atoms with Gasteiger partial charge in [0.1, 0.15) is 0 Å². The van der Waals surface area contributed by atoms with E-state index >= 15 is 0 Å². The lowest BCUT2D eigenvalue weighted by Gasteiger charge is -2.02. The standard InChI is InChI=1S/C14H16Cl2N2O/c1-2-7-17-8-6-13-18-9-12(19-13)14-10(15)4-3-5-11(14)16/h3-5,9,17H,2,6-8H2,1H3. The Balaban J connectivity index is 2.08. The number of oxazole rings is 1. The number of nitrogens with zero attached hydrogens (tertiary/aromatic N) is 1. The van der Waals surface area contributed by atoms with Gasteiger partial charge in [0.05, 0.1) is 21.8 Å². The molecule has 0 aliphatic rings. The second-order valence-electron chi connectivity index (χ2n) is 4.21. The van der Waals surface area contributed by atoms with Gasteiger partial charge in [0.15, 0.2) is 11.7 Å². The molecule has 19 heavy (non-hydrogen) atoms. The fourth-order valence-electron chi connectivity index (χ4n) is 1.77. The van der Waals surface area contributed by atoms with Gasteiger partial charge in [-0.1, -0.05) is 36.2 Å². The first kappa shape index (κ1) is 14.4. The minimum absolute atomic E-state index is 0.569. The molecule has 3 nitrogen and oxygen atoms in total. The lowest BCUT2D eigenvalue weighted by molar-refractivity contribution is 0.495. The van der Waals surface area contributed by atoms with Crippen molar-refractivity contribution in [1.82, 2.24) is 10.3 Å². The Morgan fingerprint density at radius 2 is 1.95 bits per heavy atom. The lowest BCUT2D eigenvalue weighted by atomic mass is 10.2. The average molecular weight is 299 g/mol. The third-order valence-corrected chi connectivity index (χ3v) is 3.34. The van der Waals surface area contributed by atoms with Gasteiger partial charge in [-0.05, 0) is 25.1 Å². The molecule has 0 spiro atoms. The Labute approximate surface area is 122 Å². The summed E-state index contributed by atoms with van der Waals surface area (Å²) in [6, 6.07) is 5.38. The summed E-state index contributed by atoms with van der Waals surface area (Å²) in [5, 5.41) is 4.44. The zero-order chi connectivity index (χ0) is 13.7. The summed E-state index contributed by atoms with van der Waals surface area (Å²) in [5.74, 6) is 1.30. The summed E-state index contributed by atoms with van der Waals surface area (Å²) in [6.07, 6.45) is 3.54. The average Bonchev–Trinajstić information content (AvgIpc) is 2.83. The quantitative estimate of drug-likeness (QED) is 0.813. The van der Waals surface area contributed by atoms with Crippen LogP contribution in [0.1, 0.15) is 19.2 Å². The topological polar surface area (TPSA) is 38.1 Å². The molecule has 2 aromatic rings. The van der Waals surface area contributed by atoms with Gasteiger partial charge < -0.3 is 9.73 Å². The minimum atomic E-state index is 0.569. The van der Waals surface area contributed by atoms with Crippen molar-refractivity contribution in [2.45, 2.75) is 19.8 Å². The number of nitrogens with one attached hydrogen (secondary N) is 1. The van der Waals surface area contributed by atoms with Crippen LogP contribution in [0.15, 0.2) is 28.8 Å². The molecule has 0 aliphatic carbocycles. The number of hydrogen-bond donors (Lipinski definition) is 1. The highest BCUT2D eigenvalue weighted by Gasteiger charge is 2.13. The van der Waals surface area contributed by atoms with Crippen molar-refractivity contribution in [3.05, 3.63) is 40.3 Å². The molecule has 1 aromatic carbocycles. The van der Waals surface area contributed by atoms with Crippen LogP contribution >= 0.6 is 23.2 Å². The van der Waals surface area contributed by atoms with E-state index in [4.69, 9.17) is 27.6 Å². The third-order valence-electron chi connectivity index (χ3n) is 2.71. The van der Waals surface area contributed by atoms with Crippen LogP contribution in [0.5, 0.6) is 0 Å². The molecule has 0 fully saturated rings. The lowest BCUT2D eigenvalue weighted by Crippen LogP contribution is -2.17. The van der Waals surface area contributed by atoms with Crippen molar-refractivity contribution in [3.8, 4) is 11.3 Å². The predicted molar refractivity (Wildman–Crippen MR) is 78.8 cm³/mol. The smallest absolute Gasteiger partial charge is 0.196 e. The van der Waals surface area contributed by atoms with Gasteiger partial charge in [-0.2, -0.15) is 0 Å². The van der Waals surface area contributed by atoms with E-state index in [1.165, 1.54) is 0 Å². The molecule has 0 bridgehead atoms. The molecule has 0 aliphatic heterocycles. The summed E-state index contributed by atoms with van der Waals surface area (Å²) in [4.78, 5) is 4.25. The Morgan fingerprint density at radius 1 is 1.21 bits per heavy atom. The van der Waals surface area contributed by atoms with Gasteiger partial charge in [0.2, 0.25) is 0 Å². The maximum Gasteiger partial charge on any atom is 0.196 e. The molecule has 1 aromatic heterocycles. The molecule has 0 atom stereocenters. The Bertz CT molecular complexity index is 520. The van der Waals surface area contributed by atoms with Crippen LogP contribution in [0.3, 0.4) is 0 Å². The third kappa shape index (κ3) is 3.72. The van der Waals surface area contributed by atoms with Crippen LogP contribution in [-0.2, 0) is 6.42 Å².